The van der Waals surface area contributed by atoms with E-state index >= 15 is 0 Å². The van der Waals surface area contributed by atoms with Gasteiger partial charge in [-0.1, -0.05) is 25.1 Å². The highest BCUT2D eigenvalue weighted by molar-refractivity contribution is 7.98. The normalized spacial score (nSPS) is 11.5. The standard InChI is InChI=1S/C23H27N3O4S2/c1-4-18-13-19(8-5-16(18)2)24-21-14-22(27)26(23(28)25-21)11-12-31-15-17-6-9-20(10-7-17)32(3,29)30/h5-10,13-14,24H,4,11-12,15H2,1-3H3,(H,25,28). The Kier molecular flexibility index (Phi) is 7.63. The van der Waals surface area contributed by atoms with E-state index in [4.69, 9.17) is 0 Å². The Labute approximate surface area is 191 Å². The Morgan fingerprint density at radius 2 is 1.78 bits per heavy atom. The van der Waals surface area contributed by atoms with Gasteiger partial charge < -0.3 is 5.32 Å². The van der Waals surface area contributed by atoms with Crippen LogP contribution in [0.1, 0.15) is 23.6 Å². The minimum absolute atomic E-state index is 0.283. The summed E-state index contributed by atoms with van der Waals surface area (Å²) in [5.74, 6) is 1.59. The van der Waals surface area contributed by atoms with Gasteiger partial charge in [-0.2, -0.15) is 11.8 Å². The molecule has 0 aliphatic carbocycles. The molecule has 1 aromatic heterocycles. The molecule has 0 bridgehead atoms. The molecule has 0 atom stereocenters. The number of benzene rings is 2. The fourth-order valence-electron chi connectivity index (χ4n) is 3.26. The summed E-state index contributed by atoms with van der Waals surface area (Å²) >= 11 is 1.57. The molecular formula is C23H27N3O4S2. The summed E-state index contributed by atoms with van der Waals surface area (Å²) in [6.45, 7) is 4.41. The third-order valence-electron chi connectivity index (χ3n) is 5.11. The number of hydrogen-bond donors (Lipinski definition) is 2. The molecule has 2 N–H and O–H groups in total. The van der Waals surface area contributed by atoms with Crippen LogP contribution in [-0.2, 0) is 28.6 Å². The fourth-order valence-corrected chi connectivity index (χ4v) is 4.78. The highest BCUT2D eigenvalue weighted by Gasteiger charge is 2.08. The van der Waals surface area contributed by atoms with Crippen molar-refractivity contribution < 1.29 is 8.42 Å². The maximum atomic E-state index is 12.5. The Morgan fingerprint density at radius 1 is 1.06 bits per heavy atom. The van der Waals surface area contributed by atoms with Gasteiger partial charge in [-0.15, -0.1) is 0 Å². The Hall–Kier alpha value is -2.78. The van der Waals surface area contributed by atoms with Crippen molar-refractivity contribution in [2.24, 2.45) is 0 Å². The molecule has 0 aliphatic rings. The molecular weight excluding hydrogens is 446 g/mol. The monoisotopic (exact) mass is 473 g/mol. The maximum Gasteiger partial charge on any atom is 0.329 e. The van der Waals surface area contributed by atoms with Crippen molar-refractivity contribution in [1.29, 1.82) is 0 Å². The summed E-state index contributed by atoms with van der Waals surface area (Å²) in [6, 6.07) is 14.0. The summed E-state index contributed by atoms with van der Waals surface area (Å²) in [7, 11) is -3.21. The number of hydrogen-bond acceptors (Lipinski definition) is 6. The van der Waals surface area contributed by atoms with Crippen molar-refractivity contribution in [2.45, 2.75) is 37.5 Å². The highest BCUT2D eigenvalue weighted by Crippen LogP contribution is 2.19. The maximum absolute atomic E-state index is 12.5. The molecule has 3 aromatic rings. The molecule has 0 saturated carbocycles. The van der Waals surface area contributed by atoms with Crippen LogP contribution in [0.4, 0.5) is 11.5 Å². The molecule has 1 heterocycles. The number of H-pyrrole nitrogens is 1. The Morgan fingerprint density at radius 3 is 2.41 bits per heavy atom. The van der Waals surface area contributed by atoms with Gasteiger partial charge in [0.2, 0.25) is 0 Å². The molecule has 9 heteroatoms. The van der Waals surface area contributed by atoms with Crippen LogP contribution in [0.2, 0.25) is 0 Å². The number of aromatic nitrogens is 2. The fraction of sp³-hybridized carbons (Fsp3) is 0.304. The number of aromatic amines is 1. The first-order valence-electron chi connectivity index (χ1n) is 10.2. The zero-order valence-electron chi connectivity index (χ0n) is 18.3. The quantitative estimate of drug-likeness (QED) is 0.462. The highest BCUT2D eigenvalue weighted by atomic mass is 32.2. The third kappa shape index (κ3) is 6.14. The van der Waals surface area contributed by atoms with Gasteiger partial charge in [-0.25, -0.2) is 13.2 Å². The molecule has 0 spiro atoms. The van der Waals surface area contributed by atoms with Crippen LogP contribution in [0.5, 0.6) is 0 Å². The molecule has 2 aromatic carbocycles. The minimum Gasteiger partial charge on any atom is -0.342 e. The Balaban J connectivity index is 1.60. The molecule has 0 aliphatic heterocycles. The van der Waals surface area contributed by atoms with Gasteiger partial charge in [0, 0.05) is 36.1 Å². The summed E-state index contributed by atoms with van der Waals surface area (Å²) in [5.41, 5.74) is 3.38. The van der Waals surface area contributed by atoms with Gasteiger partial charge in [0.05, 0.1) is 4.90 Å². The van der Waals surface area contributed by atoms with E-state index in [-0.39, 0.29) is 17.0 Å². The lowest BCUT2D eigenvalue weighted by atomic mass is 10.1. The number of nitrogens with zero attached hydrogens (tertiary/aromatic N) is 1. The number of aryl methyl sites for hydroxylation is 2. The van der Waals surface area contributed by atoms with E-state index in [0.29, 0.717) is 17.3 Å². The number of nitrogens with one attached hydrogen (secondary N) is 2. The van der Waals surface area contributed by atoms with Crippen molar-refractivity contribution in [3.05, 3.63) is 86.1 Å². The molecule has 170 valence electrons. The van der Waals surface area contributed by atoms with Crippen LogP contribution in [-0.4, -0.2) is 30.0 Å². The molecule has 7 nitrogen and oxygen atoms in total. The largest absolute Gasteiger partial charge is 0.342 e. The van der Waals surface area contributed by atoms with Gasteiger partial charge in [-0.3, -0.25) is 14.3 Å². The predicted molar refractivity (Wildman–Crippen MR) is 131 cm³/mol. The van der Waals surface area contributed by atoms with Crippen LogP contribution < -0.4 is 16.6 Å². The van der Waals surface area contributed by atoms with Gasteiger partial charge >= 0.3 is 5.69 Å². The second-order valence-electron chi connectivity index (χ2n) is 7.57. The minimum atomic E-state index is -3.21. The average molecular weight is 474 g/mol. The predicted octanol–water partition coefficient (Wildman–Crippen LogP) is 3.49. The van der Waals surface area contributed by atoms with Crippen molar-refractivity contribution in [1.82, 2.24) is 9.55 Å². The Bertz CT molecular complexity index is 1280. The second-order valence-corrected chi connectivity index (χ2v) is 10.7. The van der Waals surface area contributed by atoms with E-state index in [1.807, 2.05) is 25.1 Å². The van der Waals surface area contributed by atoms with Crippen LogP contribution in [0.15, 0.2) is 63.0 Å². The first-order chi connectivity index (χ1) is 15.2. The zero-order chi connectivity index (χ0) is 23.3. The molecule has 0 saturated heterocycles. The van der Waals surface area contributed by atoms with Crippen LogP contribution >= 0.6 is 11.8 Å². The van der Waals surface area contributed by atoms with E-state index < -0.39 is 15.5 Å². The third-order valence-corrected chi connectivity index (χ3v) is 7.25. The topological polar surface area (TPSA) is 101 Å². The first kappa shape index (κ1) is 23.9. The molecule has 0 unspecified atom stereocenters. The molecule has 3 rings (SSSR count). The van der Waals surface area contributed by atoms with Crippen molar-refractivity contribution in [3.8, 4) is 0 Å². The summed E-state index contributed by atoms with van der Waals surface area (Å²) in [4.78, 5) is 27.9. The first-order valence-corrected chi connectivity index (χ1v) is 13.3. The number of anilines is 2. The summed E-state index contributed by atoms with van der Waals surface area (Å²) < 4.78 is 24.2. The molecule has 0 amide bonds. The van der Waals surface area contributed by atoms with Gasteiger partial charge in [0.15, 0.2) is 9.84 Å². The van der Waals surface area contributed by atoms with E-state index in [1.165, 1.54) is 28.0 Å². The zero-order valence-corrected chi connectivity index (χ0v) is 20.0. The number of thioether (sulfide) groups is 1. The van der Waals surface area contributed by atoms with Gasteiger partial charge in [0.1, 0.15) is 5.82 Å². The van der Waals surface area contributed by atoms with E-state index in [2.05, 4.69) is 17.2 Å². The number of rotatable bonds is 9. The molecule has 0 radical (unpaired) electrons. The van der Waals surface area contributed by atoms with Crippen molar-refractivity contribution in [2.75, 3.05) is 17.3 Å². The summed E-state index contributed by atoms with van der Waals surface area (Å²) in [6.07, 6.45) is 2.08. The van der Waals surface area contributed by atoms with E-state index in [1.54, 1.807) is 36.0 Å². The van der Waals surface area contributed by atoms with Crippen molar-refractivity contribution >= 4 is 33.1 Å². The van der Waals surface area contributed by atoms with Crippen LogP contribution in [0.25, 0.3) is 0 Å². The van der Waals surface area contributed by atoms with E-state index in [9.17, 15) is 18.0 Å². The average Bonchev–Trinajstić information content (AvgIpc) is 2.73. The number of sulfone groups is 1. The molecule has 32 heavy (non-hydrogen) atoms. The summed E-state index contributed by atoms with van der Waals surface area (Å²) in [5, 5.41) is 3.10. The van der Waals surface area contributed by atoms with Gasteiger partial charge in [-0.05, 0) is 54.3 Å². The van der Waals surface area contributed by atoms with Gasteiger partial charge in [0.25, 0.3) is 5.56 Å². The van der Waals surface area contributed by atoms with Crippen LogP contribution in [0, 0.1) is 6.92 Å². The lowest BCUT2D eigenvalue weighted by Crippen LogP contribution is -2.35. The van der Waals surface area contributed by atoms with Crippen LogP contribution in [0.3, 0.4) is 0 Å². The SMILES string of the molecule is CCc1cc(Nc2cc(=O)n(CCSCc3ccc(S(C)(=O)=O)cc3)c(=O)[nH]2)ccc1C. The lowest BCUT2D eigenvalue weighted by Gasteiger charge is -2.11. The molecule has 0 fully saturated rings. The lowest BCUT2D eigenvalue weighted by molar-refractivity contribution is 0.602. The van der Waals surface area contributed by atoms with Crippen molar-refractivity contribution in [3.63, 3.8) is 0 Å². The smallest absolute Gasteiger partial charge is 0.329 e. The second kappa shape index (κ2) is 10.2. The van der Waals surface area contributed by atoms with E-state index in [0.717, 1.165) is 17.7 Å².